The van der Waals surface area contributed by atoms with Crippen molar-refractivity contribution in [2.75, 3.05) is 41.7 Å². The zero-order valence-electron chi connectivity index (χ0n) is 25.0. The van der Waals surface area contributed by atoms with Crippen LogP contribution in [0.15, 0.2) is 58.9 Å². The van der Waals surface area contributed by atoms with E-state index in [1.54, 1.807) is 46.1 Å². The Morgan fingerprint density at radius 2 is 1.55 bits per heavy atom. The van der Waals surface area contributed by atoms with E-state index in [1.165, 1.54) is 21.3 Å². The Morgan fingerprint density at radius 3 is 2.12 bits per heavy atom. The average Bonchev–Trinajstić information content (AvgIpc) is 2.99. The molecule has 0 saturated heterocycles. The van der Waals surface area contributed by atoms with Gasteiger partial charge in [-0.05, 0) is 62.6 Å². The maximum Gasteiger partial charge on any atom is 0.336 e. The molecule has 2 aliphatic rings. The van der Waals surface area contributed by atoms with Crippen molar-refractivity contribution in [2.24, 2.45) is 5.92 Å². The van der Waals surface area contributed by atoms with Crippen molar-refractivity contribution in [3.05, 3.63) is 70.1 Å². The van der Waals surface area contributed by atoms with Gasteiger partial charge in [0.25, 0.3) is 0 Å². The summed E-state index contributed by atoms with van der Waals surface area (Å²) in [6, 6.07) is 10.7. The van der Waals surface area contributed by atoms with Crippen LogP contribution in [0.3, 0.4) is 0 Å². The minimum Gasteiger partial charge on any atom is -0.497 e. The largest absolute Gasteiger partial charge is 0.497 e. The molecule has 4 rings (SSSR count). The van der Waals surface area contributed by atoms with E-state index in [4.69, 9.17) is 28.4 Å². The number of methoxy groups -OCH3 is 4. The van der Waals surface area contributed by atoms with Crippen molar-refractivity contribution in [3.63, 3.8) is 0 Å². The number of ketones is 1. The minimum absolute atomic E-state index is 0.112. The van der Waals surface area contributed by atoms with Crippen LogP contribution in [0, 0.1) is 5.92 Å². The molecule has 3 unspecified atom stereocenters. The molecule has 10 heteroatoms. The third kappa shape index (κ3) is 5.53. The van der Waals surface area contributed by atoms with Crippen LogP contribution in [-0.2, 0) is 23.9 Å². The molecule has 0 bridgehead atoms. The van der Waals surface area contributed by atoms with Crippen molar-refractivity contribution in [2.45, 2.75) is 39.0 Å². The van der Waals surface area contributed by atoms with Gasteiger partial charge in [0.1, 0.15) is 11.7 Å². The smallest absolute Gasteiger partial charge is 0.336 e. The van der Waals surface area contributed by atoms with Crippen LogP contribution in [-0.4, -0.2) is 59.4 Å². The van der Waals surface area contributed by atoms with E-state index >= 15 is 0 Å². The fourth-order valence-electron chi connectivity index (χ4n) is 5.80. The third-order valence-corrected chi connectivity index (χ3v) is 7.60. The molecule has 0 fully saturated rings. The van der Waals surface area contributed by atoms with E-state index in [-0.39, 0.29) is 24.4 Å². The van der Waals surface area contributed by atoms with Crippen molar-refractivity contribution >= 4 is 17.7 Å². The lowest BCUT2D eigenvalue weighted by Gasteiger charge is -2.39. The van der Waals surface area contributed by atoms with Gasteiger partial charge in [-0.25, -0.2) is 4.79 Å². The Bertz CT molecular complexity index is 1420. The first kappa shape index (κ1) is 30.5. The van der Waals surface area contributed by atoms with Crippen molar-refractivity contribution in [3.8, 4) is 23.0 Å². The van der Waals surface area contributed by atoms with Gasteiger partial charge in [0.15, 0.2) is 17.3 Å². The average molecular weight is 580 g/mol. The molecule has 3 atom stereocenters. The summed E-state index contributed by atoms with van der Waals surface area (Å²) in [6.45, 7) is 5.43. The fourth-order valence-corrected chi connectivity index (χ4v) is 5.80. The molecule has 2 aromatic rings. The number of ether oxygens (including phenoxy) is 6. The highest BCUT2D eigenvalue weighted by atomic mass is 16.5. The lowest BCUT2D eigenvalue weighted by molar-refractivity contribution is -0.152. The second-order valence-electron chi connectivity index (χ2n) is 9.85. The van der Waals surface area contributed by atoms with Crippen molar-refractivity contribution < 1.29 is 42.8 Å². The van der Waals surface area contributed by atoms with Crippen LogP contribution in [0.2, 0.25) is 0 Å². The molecule has 0 amide bonds. The number of carbonyl (C=O) groups is 3. The molecule has 1 heterocycles. The lowest BCUT2D eigenvalue weighted by Crippen LogP contribution is -2.43. The number of rotatable bonds is 10. The van der Waals surface area contributed by atoms with Crippen LogP contribution in [0.5, 0.6) is 23.0 Å². The van der Waals surface area contributed by atoms with Gasteiger partial charge in [-0.15, -0.1) is 0 Å². The zero-order chi connectivity index (χ0) is 30.6. The standard InChI is InChI=1S/C32H37NO9/c1-8-41-31(35)25-17(3)33-22-16-21(18-11-10-12-20(13-18)37-4)27(32(36)42-9-2)29(34)28(22)26(25)19-14-23(38-5)30(40-7)24(15-19)39-6/h10-15,21,26-27,33H,8-9,16H2,1-7H3. The number of hydrogen-bond acceptors (Lipinski definition) is 10. The summed E-state index contributed by atoms with van der Waals surface area (Å²) in [5, 5.41) is 3.30. The molecule has 2 aromatic carbocycles. The van der Waals surface area contributed by atoms with E-state index in [1.807, 2.05) is 18.2 Å². The number of nitrogens with one attached hydrogen (secondary N) is 1. The van der Waals surface area contributed by atoms with Gasteiger partial charge in [0, 0.05) is 28.8 Å². The van der Waals surface area contributed by atoms with Crippen molar-refractivity contribution in [1.29, 1.82) is 0 Å². The summed E-state index contributed by atoms with van der Waals surface area (Å²) in [4.78, 5) is 41.5. The molecule has 0 spiro atoms. The number of Topliss-reactive ketones (excluding diaryl/α,β-unsaturated/α-hetero) is 1. The highest BCUT2D eigenvalue weighted by Crippen LogP contribution is 2.50. The summed E-state index contributed by atoms with van der Waals surface area (Å²) in [7, 11) is 6.03. The predicted molar refractivity (Wildman–Crippen MR) is 154 cm³/mol. The quantitative estimate of drug-likeness (QED) is 0.320. The Morgan fingerprint density at radius 1 is 0.881 bits per heavy atom. The summed E-state index contributed by atoms with van der Waals surface area (Å²) in [5.74, 6) is -2.54. The summed E-state index contributed by atoms with van der Waals surface area (Å²) in [5.41, 5.74) is 2.99. The highest BCUT2D eigenvalue weighted by molar-refractivity contribution is 6.13. The van der Waals surface area contributed by atoms with Gasteiger partial charge in [0.05, 0.1) is 47.2 Å². The van der Waals surface area contributed by atoms with Gasteiger partial charge >= 0.3 is 11.9 Å². The number of benzene rings is 2. The SMILES string of the molecule is CCOC(=O)C1=C(C)NC2=C(C(=O)C(C(=O)OCC)C(c3cccc(OC)c3)C2)C1c1cc(OC)c(OC)c(OC)c1. The molecule has 1 N–H and O–H groups in total. The summed E-state index contributed by atoms with van der Waals surface area (Å²) >= 11 is 0. The van der Waals surface area contributed by atoms with E-state index in [0.717, 1.165) is 5.56 Å². The normalized spacial score (nSPS) is 19.9. The van der Waals surface area contributed by atoms with Crippen LogP contribution >= 0.6 is 0 Å². The molecule has 0 saturated carbocycles. The summed E-state index contributed by atoms with van der Waals surface area (Å²) < 4.78 is 33.0. The van der Waals surface area contributed by atoms with E-state index < -0.39 is 35.5 Å². The molecule has 1 aliphatic carbocycles. The van der Waals surface area contributed by atoms with Gasteiger partial charge < -0.3 is 33.7 Å². The van der Waals surface area contributed by atoms with Gasteiger partial charge in [-0.2, -0.15) is 0 Å². The first-order chi connectivity index (χ1) is 20.2. The van der Waals surface area contributed by atoms with Crippen molar-refractivity contribution in [1.82, 2.24) is 5.32 Å². The second kappa shape index (κ2) is 13.0. The Balaban J connectivity index is 1.97. The molecule has 10 nitrogen and oxygen atoms in total. The fraction of sp³-hybridized carbons (Fsp3) is 0.406. The monoisotopic (exact) mass is 579 g/mol. The number of carbonyl (C=O) groups excluding carboxylic acids is 3. The summed E-state index contributed by atoms with van der Waals surface area (Å²) in [6.07, 6.45) is 0.312. The number of hydrogen-bond donors (Lipinski definition) is 1. The van der Waals surface area contributed by atoms with Gasteiger partial charge in [0.2, 0.25) is 5.75 Å². The Kier molecular flexibility index (Phi) is 9.45. The van der Waals surface area contributed by atoms with Crippen LogP contribution in [0.25, 0.3) is 0 Å². The second-order valence-corrected chi connectivity index (χ2v) is 9.85. The van der Waals surface area contributed by atoms with Crippen LogP contribution < -0.4 is 24.3 Å². The van der Waals surface area contributed by atoms with E-state index in [2.05, 4.69) is 5.32 Å². The molecular weight excluding hydrogens is 542 g/mol. The third-order valence-electron chi connectivity index (χ3n) is 7.60. The van der Waals surface area contributed by atoms with E-state index in [0.29, 0.717) is 46.4 Å². The van der Waals surface area contributed by atoms with E-state index in [9.17, 15) is 14.4 Å². The topological polar surface area (TPSA) is 119 Å². The molecule has 0 aromatic heterocycles. The maximum atomic E-state index is 14.6. The molecule has 1 aliphatic heterocycles. The van der Waals surface area contributed by atoms with Gasteiger partial charge in [-0.1, -0.05) is 12.1 Å². The number of esters is 2. The zero-order valence-corrected chi connectivity index (χ0v) is 25.0. The molecular formula is C32H37NO9. The Hall–Kier alpha value is -4.47. The minimum atomic E-state index is -1.15. The lowest BCUT2D eigenvalue weighted by atomic mass is 9.67. The molecule has 0 radical (unpaired) electrons. The maximum absolute atomic E-state index is 14.6. The molecule has 224 valence electrons. The number of allylic oxidation sites excluding steroid dienone is 3. The Labute approximate surface area is 245 Å². The first-order valence-electron chi connectivity index (χ1n) is 13.8. The van der Waals surface area contributed by atoms with Crippen LogP contribution in [0.1, 0.15) is 50.2 Å². The first-order valence-corrected chi connectivity index (χ1v) is 13.8. The van der Waals surface area contributed by atoms with Gasteiger partial charge in [-0.3, -0.25) is 9.59 Å². The molecule has 42 heavy (non-hydrogen) atoms. The van der Waals surface area contributed by atoms with Crippen LogP contribution in [0.4, 0.5) is 0 Å². The predicted octanol–water partition coefficient (Wildman–Crippen LogP) is 4.43. The number of dihydropyridines is 1. The highest BCUT2D eigenvalue weighted by Gasteiger charge is 2.49.